The number of alkyl halides is 3. The van der Waals surface area contributed by atoms with E-state index in [1.165, 1.54) is 35.3 Å². The number of aromatic nitrogens is 2. The van der Waals surface area contributed by atoms with Gasteiger partial charge in [-0.3, -0.25) is 9.59 Å². The highest BCUT2D eigenvalue weighted by Gasteiger charge is 2.30. The summed E-state index contributed by atoms with van der Waals surface area (Å²) in [5, 5.41) is 3.92. The summed E-state index contributed by atoms with van der Waals surface area (Å²) in [5.74, 6) is -0.588. The molecule has 2 aromatic rings. The first-order valence-corrected chi connectivity index (χ1v) is 6.85. The van der Waals surface area contributed by atoms with Gasteiger partial charge in [-0.1, -0.05) is 0 Å². The minimum atomic E-state index is -4.44. The molecule has 0 saturated carbocycles. The Bertz CT molecular complexity index is 822. The van der Waals surface area contributed by atoms with Crippen molar-refractivity contribution >= 4 is 5.78 Å². The van der Waals surface area contributed by atoms with Crippen molar-refractivity contribution < 1.29 is 18.0 Å². The van der Waals surface area contributed by atoms with Crippen LogP contribution in [0, 0.1) is 0 Å². The molecule has 0 aliphatic rings. The number of carbonyl (C=O) groups is 1. The summed E-state index contributed by atoms with van der Waals surface area (Å²) in [7, 11) is 3.42. The van der Waals surface area contributed by atoms with Crippen molar-refractivity contribution in [3.05, 3.63) is 70.3 Å². The van der Waals surface area contributed by atoms with E-state index in [1.54, 1.807) is 19.0 Å². The van der Waals surface area contributed by atoms with E-state index >= 15 is 0 Å². The third-order valence-corrected chi connectivity index (χ3v) is 3.02. The Morgan fingerprint density at radius 3 is 2.33 bits per heavy atom. The Balaban J connectivity index is 2.38. The van der Waals surface area contributed by atoms with Crippen molar-refractivity contribution in [3.8, 4) is 5.69 Å². The van der Waals surface area contributed by atoms with Crippen molar-refractivity contribution in [1.82, 2.24) is 14.7 Å². The van der Waals surface area contributed by atoms with Crippen LogP contribution in [-0.4, -0.2) is 34.6 Å². The minimum Gasteiger partial charge on any atom is -0.383 e. The molecule has 0 fully saturated rings. The number of benzene rings is 1. The van der Waals surface area contributed by atoms with Gasteiger partial charge in [0.1, 0.15) is 0 Å². The second kappa shape index (κ2) is 6.69. The molecule has 0 unspecified atom stereocenters. The van der Waals surface area contributed by atoms with Crippen LogP contribution in [0.15, 0.2) is 53.6 Å². The van der Waals surface area contributed by atoms with Gasteiger partial charge in [0, 0.05) is 38.6 Å². The highest BCUT2D eigenvalue weighted by molar-refractivity contribution is 6.02. The standard InChI is InChI=1S/C16H14F3N3O2/c1-21(2)9-7-13(23)15-14(24)8-10-22(20-15)12-5-3-11(4-6-12)16(17,18)19/h3-10H,1-2H3/b9-7+. The number of hydrogen-bond donors (Lipinski definition) is 0. The van der Waals surface area contributed by atoms with E-state index in [1.807, 2.05) is 0 Å². The molecule has 0 radical (unpaired) electrons. The summed E-state index contributed by atoms with van der Waals surface area (Å²) in [4.78, 5) is 25.4. The quantitative estimate of drug-likeness (QED) is 0.635. The number of ketones is 1. The molecule has 5 nitrogen and oxygen atoms in total. The maximum absolute atomic E-state index is 12.6. The lowest BCUT2D eigenvalue weighted by Gasteiger charge is -2.09. The molecule has 1 aromatic heterocycles. The molecule has 8 heteroatoms. The third-order valence-electron chi connectivity index (χ3n) is 3.02. The second-order valence-electron chi connectivity index (χ2n) is 5.16. The number of carbonyl (C=O) groups excluding carboxylic acids is 1. The SMILES string of the molecule is CN(C)/C=C/C(=O)c1nn(-c2ccc(C(F)(F)F)cc2)ccc1=O. The van der Waals surface area contributed by atoms with Crippen LogP contribution in [-0.2, 0) is 6.18 Å². The highest BCUT2D eigenvalue weighted by atomic mass is 19.4. The number of halogens is 3. The molecular weight excluding hydrogens is 323 g/mol. The summed E-state index contributed by atoms with van der Waals surface area (Å²) < 4.78 is 38.9. The Kier molecular flexibility index (Phi) is 4.87. The summed E-state index contributed by atoms with van der Waals surface area (Å²) in [5.41, 5.74) is -1.37. The van der Waals surface area contributed by atoms with Crippen LogP contribution in [0.5, 0.6) is 0 Å². The average molecular weight is 337 g/mol. The first kappa shape index (κ1) is 17.5. The Hall–Kier alpha value is -2.90. The van der Waals surface area contributed by atoms with Gasteiger partial charge < -0.3 is 4.90 Å². The Morgan fingerprint density at radius 2 is 1.79 bits per heavy atom. The van der Waals surface area contributed by atoms with Crippen molar-refractivity contribution in [2.45, 2.75) is 6.18 Å². The predicted molar refractivity (Wildman–Crippen MR) is 82.0 cm³/mol. The number of nitrogens with zero attached hydrogens (tertiary/aromatic N) is 3. The minimum absolute atomic E-state index is 0.300. The van der Waals surface area contributed by atoms with Crippen molar-refractivity contribution in [3.63, 3.8) is 0 Å². The van der Waals surface area contributed by atoms with E-state index in [4.69, 9.17) is 0 Å². The fraction of sp³-hybridized carbons (Fsp3) is 0.188. The molecule has 126 valence electrons. The maximum Gasteiger partial charge on any atom is 0.416 e. The van der Waals surface area contributed by atoms with Gasteiger partial charge in [-0.25, -0.2) is 4.68 Å². The fourth-order valence-corrected chi connectivity index (χ4v) is 1.82. The van der Waals surface area contributed by atoms with Gasteiger partial charge in [0.25, 0.3) is 0 Å². The Morgan fingerprint density at radius 1 is 1.17 bits per heavy atom. The number of rotatable bonds is 4. The largest absolute Gasteiger partial charge is 0.416 e. The van der Waals surface area contributed by atoms with Crippen molar-refractivity contribution in [2.75, 3.05) is 14.1 Å². The summed E-state index contributed by atoms with van der Waals surface area (Å²) in [6, 6.07) is 5.38. The molecule has 0 amide bonds. The molecule has 2 rings (SSSR count). The molecule has 0 bridgehead atoms. The van der Waals surface area contributed by atoms with E-state index in [0.717, 1.165) is 18.2 Å². The summed E-state index contributed by atoms with van der Waals surface area (Å²) in [6.07, 6.45) is -0.481. The zero-order chi connectivity index (χ0) is 17.9. The summed E-state index contributed by atoms with van der Waals surface area (Å²) in [6.45, 7) is 0. The average Bonchev–Trinajstić information content (AvgIpc) is 2.52. The van der Waals surface area contributed by atoms with Gasteiger partial charge in [-0.05, 0) is 24.3 Å². The van der Waals surface area contributed by atoms with Crippen LogP contribution in [0.4, 0.5) is 13.2 Å². The molecular formula is C16H14F3N3O2. The molecule has 24 heavy (non-hydrogen) atoms. The lowest BCUT2D eigenvalue weighted by Crippen LogP contribution is -2.20. The van der Waals surface area contributed by atoms with Gasteiger partial charge in [0.2, 0.25) is 11.2 Å². The molecule has 1 aromatic carbocycles. The molecule has 0 spiro atoms. The molecule has 0 saturated heterocycles. The van der Waals surface area contributed by atoms with Crippen LogP contribution in [0.25, 0.3) is 5.69 Å². The van der Waals surface area contributed by atoms with Crippen molar-refractivity contribution in [2.24, 2.45) is 0 Å². The normalized spacial score (nSPS) is 11.7. The Labute approximate surface area is 135 Å². The van der Waals surface area contributed by atoms with Crippen LogP contribution in [0.3, 0.4) is 0 Å². The molecule has 0 atom stereocenters. The van der Waals surface area contributed by atoms with Gasteiger partial charge >= 0.3 is 6.18 Å². The number of hydrogen-bond acceptors (Lipinski definition) is 4. The van der Waals surface area contributed by atoms with Gasteiger partial charge in [0.05, 0.1) is 11.3 Å². The fourth-order valence-electron chi connectivity index (χ4n) is 1.82. The van der Waals surface area contributed by atoms with Crippen LogP contribution in [0.1, 0.15) is 16.1 Å². The zero-order valence-electron chi connectivity index (χ0n) is 12.9. The summed E-state index contributed by atoms with van der Waals surface area (Å²) >= 11 is 0. The lowest BCUT2D eigenvalue weighted by atomic mass is 10.2. The van der Waals surface area contributed by atoms with Crippen LogP contribution in [0.2, 0.25) is 0 Å². The smallest absolute Gasteiger partial charge is 0.383 e. The highest BCUT2D eigenvalue weighted by Crippen LogP contribution is 2.29. The second-order valence-corrected chi connectivity index (χ2v) is 5.16. The van der Waals surface area contributed by atoms with E-state index < -0.39 is 23.0 Å². The lowest BCUT2D eigenvalue weighted by molar-refractivity contribution is -0.137. The van der Waals surface area contributed by atoms with E-state index in [9.17, 15) is 22.8 Å². The maximum atomic E-state index is 12.6. The first-order chi connectivity index (χ1) is 11.2. The predicted octanol–water partition coefficient (Wildman–Crippen LogP) is 2.51. The third kappa shape index (κ3) is 4.09. The number of allylic oxidation sites excluding steroid dienone is 1. The van der Waals surface area contributed by atoms with Crippen LogP contribution < -0.4 is 5.43 Å². The topological polar surface area (TPSA) is 55.2 Å². The van der Waals surface area contributed by atoms with E-state index in [-0.39, 0.29) is 5.69 Å². The van der Waals surface area contributed by atoms with E-state index in [2.05, 4.69) is 5.10 Å². The first-order valence-electron chi connectivity index (χ1n) is 6.85. The molecule has 0 aliphatic heterocycles. The molecule has 1 heterocycles. The van der Waals surface area contributed by atoms with Crippen molar-refractivity contribution in [1.29, 1.82) is 0 Å². The van der Waals surface area contributed by atoms with Gasteiger partial charge in [0.15, 0.2) is 5.69 Å². The zero-order valence-corrected chi connectivity index (χ0v) is 12.9. The van der Waals surface area contributed by atoms with E-state index in [0.29, 0.717) is 5.69 Å². The molecule has 0 N–H and O–H groups in total. The monoisotopic (exact) mass is 337 g/mol. The molecule has 0 aliphatic carbocycles. The van der Waals surface area contributed by atoms with Crippen LogP contribution >= 0.6 is 0 Å². The van der Waals surface area contributed by atoms with Gasteiger partial charge in [-0.2, -0.15) is 18.3 Å². The van der Waals surface area contributed by atoms with Gasteiger partial charge in [-0.15, -0.1) is 0 Å².